The van der Waals surface area contributed by atoms with Crippen molar-refractivity contribution in [1.29, 1.82) is 0 Å². The molecule has 0 unspecified atom stereocenters. The van der Waals surface area contributed by atoms with Crippen molar-refractivity contribution in [3.05, 3.63) is 200 Å². The average Bonchev–Trinajstić information content (AvgIpc) is 3.82. The van der Waals surface area contributed by atoms with E-state index in [1.165, 1.54) is 16.5 Å². The van der Waals surface area contributed by atoms with Crippen molar-refractivity contribution >= 4 is 32.8 Å². The van der Waals surface area contributed by atoms with E-state index in [4.69, 9.17) is 9.72 Å². The molecule has 0 aliphatic carbocycles. The van der Waals surface area contributed by atoms with E-state index in [-0.39, 0.29) is 26.5 Å². The maximum atomic E-state index is 6.67. The zero-order chi connectivity index (χ0) is 41.7. The molecular formula is C56H46N4OPt-2. The molecule has 0 aliphatic rings. The number of ether oxygens (including phenoxy) is 1. The minimum Gasteiger partial charge on any atom is -0.510 e. The Labute approximate surface area is 378 Å². The first-order valence-electron chi connectivity index (χ1n) is 21.1. The van der Waals surface area contributed by atoms with Gasteiger partial charge in [-0.15, -0.1) is 29.7 Å². The summed E-state index contributed by atoms with van der Waals surface area (Å²) in [5, 5.41) is 2.27. The second kappa shape index (κ2) is 16.7. The van der Waals surface area contributed by atoms with Gasteiger partial charge < -0.3 is 13.9 Å². The normalized spacial score (nSPS) is 11.7. The summed E-state index contributed by atoms with van der Waals surface area (Å²) in [6.45, 7) is 11.3. The molecule has 10 rings (SSSR count). The van der Waals surface area contributed by atoms with Gasteiger partial charge in [0.15, 0.2) is 0 Å². The number of imidazole rings is 1. The fourth-order valence-corrected chi connectivity index (χ4v) is 8.50. The standard InChI is InChI=1S/C56H46N4O.Pt/c1-38(2)32-39-30-31-57-54(33-39)60-50-29-26-42(56(3,4)5)34-49(50)48-28-27-45(36-53(48)60)61-44-21-14-20-43(35-44)58-37-59(52-25-13-12-24-51(52)58)55-46(40-16-8-6-9-17-40)22-15-23-47(55)41-18-10-7-11-19-41;/h6-31,33-34,38H,32H2,1-5H3;/q-2;. The number of rotatable bonds is 9. The third-order valence-electron chi connectivity index (χ3n) is 11.4. The Balaban J connectivity index is 0.00000490. The van der Waals surface area contributed by atoms with Crippen LogP contribution in [0.1, 0.15) is 45.7 Å². The molecule has 10 aromatic rings. The molecule has 7 aromatic carbocycles. The Bertz CT molecular complexity index is 3150. The van der Waals surface area contributed by atoms with Gasteiger partial charge in [0.05, 0.1) is 16.7 Å². The van der Waals surface area contributed by atoms with Gasteiger partial charge in [-0.1, -0.05) is 155 Å². The molecule has 62 heavy (non-hydrogen) atoms. The van der Waals surface area contributed by atoms with Gasteiger partial charge in [0.2, 0.25) is 0 Å². The number of hydrogen-bond acceptors (Lipinski definition) is 2. The summed E-state index contributed by atoms with van der Waals surface area (Å²) in [5.74, 6) is 2.58. The van der Waals surface area contributed by atoms with Crippen molar-refractivity contribution in [1.82, 2.24) is 14.1 Å². The fraction of sp³-hybridized carbons (Fsp3) is 0.143. The molecule has 0 saturated carbocycles. The minimum atomic E-state index is 0. The summed E-state index contributed by atoms with van der Waals surface area (Å²) < 4.78 is 13.2. The van der Waals surface area contributed by atoms with Crippen LogP contribution in [0.15, 0.2) is 170 Å². The van der Waals surface area contributed by atoms with Crippen LogP contribution < -0.4 is 9.30 Å². The number of fused-ring (bicyclic) bond motifs is 4. The van der Waals surface area contributed by atoms with Gasteiger partial charge in [-0.2, -0.15) is 18.2 Å². The molecule has 0 bridgehead atoms. The molecule has 5 nitrogen and oxygen atoms in total. The first-order chi connectivity index (χ1) is 29.7. The van der Waals surface area contributed by atoms with Gasteiger partial charge in [-0.05, 0) is 80.4 Å². The molecule has 0 aliphatic heterocycles. The zero-order valence-corrected chi connectivity index (χ0v) is 37.7. The Hall–Kier alpha value is -6.55. The number of hydrogen-bond donors (Lipinski definition) is 0. The molecule has 0 N–H and O–H groups in total. The van der Waals surface area contributed by atoms with E-state index in [0.717, 1.165) is 73.3 Å². The Morgan fingerprint density at radius 1 is 0.645 bits per heavy atom. The summed E-state index contributed by atoms with van der Waals surface area (Å²) in [6.07, 6.45) is 6.66. The maximum absolute atomic E-state index is 6.67. The van der Waals surface area contributed by atoms with Gasteiger partial charge in [-0.3, -0.25) is 4.57 Å². The number of benzene rings is 7. The topological polar surface area (TPSA) is 35.9 Å². The summed E-state index contributed by atoms with van der Waals surface area (Å²) in [4.78, 5) is 4.90. The van der Waals surface area contributed by atoms with E-state index in [0.29, 0.717) is 17.4 Å². The summed E-state index contributed by atoms with van der Waals surface area (Å²) in [7, 11) is 0. The summed E-state index contributed by atoms with van der Waals surface area (Å²) >= 11 is 0. The average molecular weight is 986 g/mol. The van der Waals surface area contributed by atoms with E-state index in [1.54, 1.807) is 0 Å². The van der Waals surface area contributed by atoms with Crippen molar-refractivity contribution in [2.24, 2.45) is 5.92 Å². The Morgan fingerprint density at radius 3 is 2.03 bits per heavy atom. The number of nitrogens with zero attached hydrogens (tertiary/aromatic N) is 4. The molecule has 0 amide bonds. The zero-order valence-electron chi connectivity index (χ0n) is 35.5. The van der Waals surface area contributed by atoms with E-state index in [1.807, 2.05) is 24.4 Å². The third-order valence-corrected chi connectivity index (χ3v) is 11.4. The quantitative estimate of drug-likeness (QED) is 0.107. The Kier molecular flexibility index (Phi) is 11.0. The van der Waals surface area contributed by atoms with Crippen LogP contribution in [-0.2, 0) is 32.9 Å². The Morgan fingerprint density at radius 2 is 1.32 bits per heavy atom. The largest absolute Gasteiger partial charge is 0.510 e. The second-order valence-corrected chi connectivity index (χ2v) is 17.2. The summed E-state index contributed by atoms with van der Waals surface area (Å²) in [6, 6.07) is 64.6. The first kappa shape index (κ1) is 40.8. The van der Waals surface area contributed by atoms with Crippen LogP contribution in [0.3, 0.4) is 0 Å². The van der Waals surface area contributed by atoms with Gasteiger partial charge in [0.25, 0.3) is 6.33 Å². The molecule has 308 valence electrons. The van der Waals surface area contributed by atoms with E-state index in [9.17, 15) is 0 Å². The number of para-hydroxylation sites is 3. The SMILES string of the molecule is CC(C)Cc1ccnc(-n2c3[c-]c(Oc4[c-]c(-n5[c-][n+](-c6c(-c7ccccc7)cccc6-c6ccccc6)c6ccccc65)ccc4)ccc3c3cc(C(C)(C)C)ccc32)c1.[Pt]. The molecule has 6 heteroatoms. The van der Waals surface area contributed by atoms with Gasteiger partial charge in [0.1, 0.15) is 5.82 Å². The summed E-state index contributed by atoms with van der Waals surface area (Å²) in [5.41, 5.74) is 12.9. The predicted octanol–water partition coefficient (Wildman–Crippen LogP) is 13.4. The predicted molar refractivity (Wildman–Crippen MR) is 248 cm³/mol. The van der Waals surface area contributed by atoms with Gasteiger partial charge in [-0.25, -0.2) is 4.98 Å². The van der Waals surface area contributed by atoms with Crippen molar-refractivity contribution in [2.75, 3.05) is 0 Å². The van der Waals surface area contributed by atoms with Crippen molar-refractivity contribution in [2.45, 2.75) is 46.5 Å². The van der Waals surface area contributed by atoms with E-state index >= 15 is 0 Å². The smallest absolute Gasteiger partial charge is 0.268 e. The van der Waals surface area contributed by atoms with E-state index < -0.39 is 0 Å². The monoisotopic (exact) mass is 985 g/mol. The van der Waals surface area contributed by atoms with Crippen LogP contribution in [0.2, 0.25) is 0 Å². The first-order valence-corrected chi connectivity index (χ1v) is 21.1. The maximum Gasteiger partial charge on any atom is 0.268 e. The van der Waals surface area contributed by atoms with Crippen LogP contribution in [0.4, 0.5) is 0 Å². The molecule has 0 radical (unpaired) electrons. The molecule has 3 aromatic heterocycles. The van der Waals surface area contributed by atoms with Crippen LogP contribution in [0.25, 0.3) is 72.3 Å². The molecular weight excluding hydrogens is 940 g/mol. The molecule has 3 heterocycles. The van der Waals surface area contributed by atoms with Crippen LogP contribution in [-0.4, -0.2) is 14.1 Å². The van der Waals surface area contributed by atoms with Crippen LogP contribution in [0.5, 0.6) is 11.5 Å². The molecule has 0 saturated heterocycles. The number of aromatic nitrogens is 4. The van der Waals surface area contributed by atoms with Crippen molar-refractivity contribution < 1.29 is 30.4 Å². The third kappa shape index (κ3) is 7.67. The fourth-order valence-electron chi connectivity index (χ4n) is 8.50. The van der Waals surface area contributed by atoms with Crippen molar-refractivity contribution in [3.8, 4) is 50.9 Å². The van der Waals surface area contributed by atoms with Gasteiger partial charge >= 0.3 is 0 Å². The van der Waals surface area contributed by atoms with Gasteiger partial charge in [0, 0.05) is 44.3 Å². The number of pyridine rings is 1. The molecule has 0 spiro atoms. The molecule has 0 fully saturated rings. The van der Waals surface area contributed by atoms with Crippen LogP contribution >= 0.6 is 0 Å². The van der Waals surface area contributed by atoms with Crippen molar-refractivity contribution in [3.63, 3.8) is 0 Å². The van der Waals surface area contributed by atoms with Crippen LogP contribution in [0, 0.1) is 24.4 Å². The minimum absolute atomic E-state index is 0. The molecule has 0 atom stereocenters. The van der Waals surface area contributed by atoms with E-state index in [2.05, 4.69) is 212 Å². The second-order valence-electron chi connectivity index (χ2n) is 17.2.